The second-order valence-electron chi connectivity index (χ2n) is 5.37. The number of allylic oxidation sites excluding steroid dienone is 2. The van der Waals surface area contributed by atoms with Gasteiger partial charge in [0.15, 0.2) is 5.76 Å². The Labute approximate surface area is 120 Å². The molecule has 1 aromatic rings. The van der Waals surface area contributed by atoms with E-state index in [-0.39, 0.29) is 17.9 Å². The minimum atomic E-state index is -2.28. The molecule has 1 heterocycles. The average molecular weight is 292 g/mol. The molecule has 1 aliphatic heterocycles. The molecule has 0 aromatic heterocycles. The normalized spacial score (nSPS) is 23.6. The lowest BCUT2D eigenvalue weighted by Crippen LogP contribution is -2.37. The first-order valence-corrected chi connectivity index (χ1v) is 6.63. The van der Waals surface area contributed by atoms with Gasteiger partial charge in [0, 0.05) is 24.1 Å². The van der Waals surface area contributed by atoms with Gasteiger partial charge in [-0.25, -0.2) is 0 Å². The van der Waals surface area contributed by atoms with Crippen LogP contribution in [0.25, 0.3) is 0 Å². The maximum Gasteiger partial charge on any atom is 0.226 e. The first-order chi connectivity index (χ1) is 9.87. The first kappa shape index (κ1) is 13.8. The molecule has 5 N–H and O–H groups in total. The highest BCUT2D eigenvalue weighted by atomic mass is 16.5. The highest BCUT2D eigenvalue weighted by Gasteiger charge is 2.36. The number of ether oxygens (including phenoxy) is 1. The molecule has 0 bridgehead atoms. The fourth-order valence-corrected chi connectivity index (χ4v) is 2.70. The van der Waals surface area contributed by atoms with Crippen molar-refractivity contribution < 1.29 is 30.3 Å². The number of fused-ring (bicyclic) bond motifs is 1. The number of rotatable bonds is 1. The van der Waals surface area contributed by atoms with E-state index < -0.39 is 17.7 Å². The van der Waals surface area contributed by atoms with Crippen molar-refractivity contribution in [2.24, 2.45) is 0 Å². The number of benzene rings is 1. The Hall–Kier alpha value is -2.18. The molecule has 0 fully saturated rings. The van der Waals surface area contributed by atoms with Gasteiger partial charge in [0.1, 0.15) is 23.4 Å². The minimum absolute atomic E-state index is 0.0164. The predicted molar refractivity (Wildman–Crippen MR) is 73.1 cm³/mol. The highest BCUT2D eigenvalue weighted by Crippen LogP contribution is 2.40. The van der Waals surface area contributed by atoms with Gasteiger partial charge in [-0.05, 0) is 24.5 Å². The molecular formula is C15H16O6. The van der Waals surface area contributed by atoms with Gasteiger partial charge in [-0.1, -0.05) is 6.08 Å². The van der Waals surface area contributed by atoms with Gasteiger partial charge < -0.3 is 30.3 Å². The van der Waals surface area contributed by atoms with Crippen LogP contribution in [0.2, 0.25) is 0 Å². The average Bonchev–Trinajstić information content (AvgIpc) is 2.41. The van der Waals surface area contributed by atoms with Crippen molar-refractivity contribution >= 4 is 0 Å². The van der Waals surface area contributed by atoms with Crippen molar-refractivity contribution in [1.29, 1.82) is 0 Å². The highest BCUT2D eigenvalue weighted by molar-refractivity contribution is 5.51. The monoisotopic (exact) mass is 292 g/mol. The van der Waals surface area contributed by atoms with E-state index in [1.54, 1.807) is 6.08 Å². The van der Waals surface area contributed by atoms with Gasteiger partial charge in [-0.15, -0.1) is 0 Å². The Balaban J connectivity index is 1.87. The SMILES string of the molecule is OC1=CC=C(C2CCc3c(O)cc(O)cc3O2)CC1(O)O. The van der Waals surface area contributed by atoms with Crippen LogP contribution in [-0.4, -0.2) is 37.4 Å². The number of aliphatic hydroxyl groups is 3. The van der Waals surface area contributed by atoms with Crippen molar-refractivity contribution in [2.75, 3.05) is 0 Å². The summed E-state index contributed by atoms with van der Waals surface area (Å²) in [5.74, 6) is -2.52. The number of phenolic OH excluding ortho intramolecular Hbond substituents is 2. The summed E-state index contributed by atoms with van der Waals surface area (Å²) in [6.45, 7) is 0. The molecule has 0 amide bonds. The van der Waals surface area contributed by atoms with Crippen LogP contribution in [0.3, 0.4) is 0 Å². The molecule has 3 rings (SSSR count). The molecule has 6 nitrogen and oxygen atoms in total. The van der Waals surface area contributed by atoms with Crippen LogP contribution in [0.1, 0.15) is 18.4 Å². The molecule has 0 saturated heterocycles. The van der Waals surface area contributed by atoms with E-state index >= 15 is 0 Å². The summed E-state index contributed by atoms with van der Waals surface area (Å²) in [5, 5.41) is 48.1. The summed E-state index contributed by atoms with van der Waals surface area (Å²) in [7, 11) is 0. The molecule has 1 aromatic carbocycles. The van der Waals surface area contributed by atoms with Crippen LogP contribution >= 0.6 is 0 Å². The second kappa shape index (κ2) is 4.68. The van der Waals surface area contributed by atoms with Crippen molar-refractivity contribution in [3.8, 4) is 17.2 Å². The van der Waals surface area contributed by atoms with E-state index in [2.05, 4.69) is 0 Å². The quantitative estimate of drug-likeness (QED) is 0.498. The Morgan fingerprint density at radius 2 is 1.86 bits per heavy atom. The molecule has 0 saturated carbocycles. The molecule has 1 unspecified atom stereocenters. The molecule has 0 radical (unpaired) electrons. The van der Waals surface area contributed by atoms with E-state index in [0.29, 0.717) is 29.7 Å². The third-order valence-corrected chi connectivity index (χ3v) is 3.83. The maximum atomic E-state index is 9.77. The van der Waals surface area contributed by atoms with Crippen molar-refractivity contribution in [3.05, 3.63) is 41.2 Å². The number of hydrogen-bond donors (Lipinski definition) is 5. The van der Waals surface area contributed by atoms with Gasteiger partial charge in [-0.2, -0.15) is 0 Å². The Morgan fingerprint density at radius 1 is 1.10 bits per heavy atom. The second-order valence-corrected chi connectivity index (χ2v) is 5.37. The van der Waals surface area contributed by atoms with Crippen LogP contribution in [0.5, 0.6) is 17.2 Å². The predicted octanol–water partition coefficient (Wildman–Crippen LogP) is 1.24. The van der Waals surface area contributed by atoms with Crippen molar-refractivity contribution in [1.82, 2.24) is 0 Å². The van der Waals surface area contributed by atoms with Crippen LogP contribution in [-0.2, 0) is 6.42 Å². The summed E-state index contributed by atoms with van der Waals surface area (Å²) in [6.07, 6.45) is 3.38. The first-order valence-electron chi connectivity index (χ1n) is 6.63. The summed E-state index contributed by atoms with van der Waals surface area (Å²) in [6, 6.07) is 2.68. The smallest absolute Gasteiger partial charge is 0.226 e. The number of phenols is 2. The lowest BCUT2D eigenvalue weighted by Gasteiger charge is -2.32. The maximum absolute atomic E-state index is 9.77. The van der Waals surface area contributed by atoms with E-state index in [9.17, 15) is 25.5 Å². The van der Waals surface area contributed by atoms with E-state index in [1.165, 1.54) is 18.2 Å². The van der Waals surface area contributed by atoms with Gasteiger partial charge in [0.2, 0.25) is 5.79 Å². The van der Waals surface area contributed by atoms with Gasteiger partial charge in [-0.3, -0.25) is 0 Å². The fraction of sp³-hybridized carbons (Fsp3) is 0.333. The Bertz CT molecular complexity index is 644. The van der Waals surface area contributed by atoms with Gasteiger partial charge >= 0.3 is 0 Å². The van der Waals surface area contributed by atoms with E-state index in [1.807, 2.05) is 0 Å². The molecule has 6 heteroatoms. The third kappa shape index (κ3) is 2.43. The van der Waals surface area contributed by atoms with Gasteiger partial charge in [0.25, 0.3) is 0 Å². The molecule has 2 aliphatic rings. The number of aliphatic hydroxyl groups excluding tert-OH is 1. The molecule has 21 heavy (non-hydrogen) atoms. The van der Waals surface area contributed by atoms with Gasteiger partial charge in [0.05, 0.1) is 0 Å². The Morgan fingerprint density at radius 3 is 2.57 bits per heavy atom. The number of hydrogen-bond acceptors (Lipinski definition) is 6. The zero-order valence-corrected chi connectivity index (χ0v) is 11.2. The Kier molecular flexibility index (Phi) is 3.07. The zero-order chi connectivity index (χ0) is 15.2. The summed E-state index contributed by atoms with van der Waals surface area (Å²) < 4.78 is 5.74. The lowest BCUT2D eigenvalue weighted by atomic mass is 9.89. The fourth-order valence-electron chi connectivity index (χ4n) is 2.70. The number of aromatic hydroxyl groups is 2. The zero-order valence-electron chi connectivity index (χ0n) is 11.2. The van der Waals surface area contributed by atoms with Crippen LogP contribution in [0, 0.1) is 0 Å². The van der Waals surface area contributed by atoms with Crippen LogP contribution in [0.4, 0.5) is 0 Å². The molecule has 0 spiro atoms. The molecule has 1 atom stereocenters. The summed E-state index contributed by atoms with van der Waals surface area (Å²) >= 11 is 0. The minimum Gasteiger partial charge on any atom is -0.508 e. The standard InChI is InChI=1S/C15H16O6/c16-9-5-11(17)10-2-3-12(21-13(10)6-9)8-1-4-14(18)15(19,20)7-8/h1,4-6,12,16-20H,2-3,7H2. The van der Waals surface area contributed by atoms with E-state index in [4.69, 9.17) is 4.74 Å². The topological polar surface area (TPSA) is 110 Å². The summed E-state index contributed by atoms with van der Waals surface area (Å²) in [5.41, 5.74) is 1.25. The molecule has 112 valence electrons. The van der Waals surface area contributed by atoms with Crippen molar-refractivity contribution in [2.45, 2.75) is 31.2 Å². The lowest BCUT2D eigenvalue weighted by molar-refractivity contribution is -0.153. The van der Waals surface area contributed by atoms with Crippen LogP contribution < -0.4 is 4.74 Å². The van der Waals surface area contributed by atoms with Crippen LogP contribution in [0.15, 0.2) is 35.6 Å². The van der Waals surface area contributed by atoms with Crippen molar-refractivity contribution in [3.63, 3.8) is 0 Å². The largest absolute Gasteiger partial charge is 0.508 e. The van der Waals surface area contributed by atoms with E-state index in [0.717, 1.165) is 0 Å². The molecule has 1 aliphatic carbocycles. The molecular weight excluding hydrogens is 276 g/mol. The third-order valence-electron chi connectivity index (χ3n) is 3.83. The summed E-state index contributed by atoms with van der Waals surface area (Å²) in [4.78, 5) is 0.